The molecule has 1 fully saturated rings. The molecule has 2 aromatic heterocycles. The molecule has 3 aliphatic heterocycles. The summed E-state index contributed by atoms with van der Waals surface area (Å²) in [6.07, 6.45) is 4.30. The van der Waals surface area contributed by atoms with Crippen molar-refractivity contribution in [2.75, 3.05) is 30.0 Å². The van der Waals surface area contributed by atoms with Gasteiger partial charge in [0.15, 0.2) is 23.7 Å². The third kappa shape index (κ3) is 4.64. The molecule has 2 atom stereocenters. The molecule has 3 aliphatic rings. The van der Waals surface area contributed by atoms with Crippen LogP contribution in [0.25, 0.3) is 0 Å². The van der Waals surface area contributed by atoms with E-state index in [2.05, 4.69) is 36.4 Å². The number of anilines is 2. The average Bonchev–Trinajstić information content (AvgIpc) is 3.50. The first kappa shape index (κ1) is 24.8. The number of carboxylic acids is 1. The Kier molecular flexibility index (Phi) is 6.84. The maximum absolute atomic E-state index is 13.1. The molecule has 0 spiro atoms. The number of nitrogens with two attached hydrogens (primary N) is 1. The second-order valence-electron chi connectivity index (χ2n) is 8.30. The number of nitrogens with one attached hydrogen (secondary N) is 2. The minimum absolute atomic E-state index is 0.0412. The van der Waals surface area contributed by atoms with Crippen molar-refractivity contribution in [3.8, 4) is 0 Å². The summed E-state index contributed by atoms with van der Waals surface area (Å²) < 4.78 is 8.00. The molecule has 37 heavy (non-hydrogen) atoms. The molecule has 5 heterocycles. The van der Waals surface area contributed by atoms with Crippen LogP contribution >= 0.6 is 23.3 Å². The van der Waals surface area contributed by atoms with Gasteiger partial charge in [-0.1, -0.05) is 17.8 Å². The van der Waals surface area contributed by atoms with E-state index in [1.54, 1.807) is 0 Å². The first-order valence-corrected chi connectivity index (χ1v) is 13.2. The van der Waals surface area contributed by atoms with E-state index in [-0.39, 0.29) is 29.0 Å². The minimum atomic E-state index is -1.19. The molecule has 0 unspecified atom stereocenters. The topological polar surface area (TPSA) is 181 Å². The molecule has 16 heteroatoms. The van der Waals surface area contributed by atoms with Gasteiger partial charge in [0.2, 0.25) is 11.5 Å². The lowest BCUT2D eigenvalue weighted by Crippen LogP contribution is -2.71. The fourth-order valence-corrected chi connectivity index (χ4v) is 6.09. The number of nitrogens with zero attached hydrogens (tertiary/aromatic N) is 6. The van der Waals surface area contributed by atoms with Gasteiger partial charge in [0.1, 0.15) is 23.7 Å². The molecule has 194 valence electrons. The van der Waals surface area contributed by atoms with Gasteiger partial charge in [-0.25, -0.2) is 4.79 Å². The van der Waals surface area contributed by atoms with Crippen molar-refractivity contribution in [3.63, 3.8) is 0 Å². The molecule has 0 bridgehead atoms. The summed E-state index contributed by atoms with van der Waals surface area (Å²) in [4.78, 5) is 48.6. The number of aromatic nitrogens is 4. The summed E-state index contributed by atoms with van der Waals surface area (Å²) in [6.45, 7) is 5.60. The molecule has 0 aromatic carbocycles. The second-order valence-corrected chi connectivity index (χ2v) is 10.2. The van der Waals surface area contributed by atoms with Gasteiger partial charge in [0, 0.05) is 29.4 Å². The third-order valence-electron chi connectivity index (χ3n) is 5.95. The number of hydrogen-bond acceptors (Lipinski definition) is 11. The maximum Gasteiger partial charge on any atom is 0.352 e. The maximum atomic E-state index is 13.1. The zero-order valence-corrected chi connectivity index (χ0v) is 21.1. The summed E-state index contributed by atoms with van der Waals surface area (Å²) in [5.74, 6) is -1.14. The number of β-lactam (4-membered cyclic amide) rings is 1. The van der Waals surface area contributed by atoms with Crippen LogP contribution in [-0.2, 0) is 32.3 Å². The van der Waals surface area contributed by atoms with Crippen molar-refractivity contribution in [3.05, 3.63) is 42.0 Å². The Morgan fingerprint density at radius 3 is 3.05 bits per heavy atom. The number of rotatable bonds is 9. The van der Waals surface area contributed by atoms with Crippen LogP contribution in [0.15, 0.2) is 41.3 Å². The predicted molar refractivity (Wildman–Crippen MR) is 134 cm³/mol. The van der Waals surface area contributed by atoms with Gasteiger partial charge in [-0.3, -0.25) is 14.5 Å². The van der Waals surface area contributed by atoms with Gasteiger partial charge >= 0.3 is 5.97 Å². The van der Waals surface area contributed by atoms with Crippen LogP contribution < -0.4 is 21.0 Å². The molecule has 2 aromatic rings. The summed E-state index contributed by atoms with van der Waals surface area (Å²) >= 11 is 2.27. The largest absolute Gasteiger partial charge is 0.477 e. The molecular weight excluding hydrogens is 522 g/mol. The lowest BCUT2D eigenvalue weighted by atomic mass is 10.0. The molecule has 2 amide bonds. The smallest absolute Gasteiger partial charge is 0.352 e. The van der Waals surface area contributed by atoms with Crippen molar-refractivity contribution < 1.29 is 29.0 Å². The van der Waals surface area contributed by atoms with E-state index in [1.807, 2.05) is 16.9 Å². The van der Waals surface area contributed by atoms with Crippen molar-refractivity contribution in [2.45, 2.75) is 30.9 Å². The van der Waals surface area contributed by atoms with Crippen molar-refractivity contribution in [1.82, 2.24) is 24.3 Å². The lowest BCUT2D eigenvalue weighted by Gasteiger charge is -2.49. The highest BCUT2D eigenvalue weighted by Crippen LogP contribution is 2.40. The van der Waals surface area contributed by atoms with Crippen molar-refractivity contribution >= 4 is 57.7 Å². The van der Waals surface area contributed by atoms with Crippen molar-refractivity contribution in [2.24, 2.45) is 5.16 Å². The van der Waals surface area contributed by atoms with Crippen LogP contribution in [0, 0.1) is 0 Å². The highest BCUT2D eigenvalue weighted by Gasteiger charge is 2.55. The van der Waals surface area contributed by atoms with Gasteiger partial charge in [-0.05, 0) is 6.42 Å². The van der Waals surface area contributed by atoms with Gasteiger partial charge in [0.25, 0.3) is 11.8 Å². The van der Waals surface area contributed by atoms with Crippen LogP contribution in [-0.4, -0.2) is 77.9 Å². The Hall–Kier alpha value is -3.92. The monoisotopic (exact) mass is 546 g/mol. The average molecular weight is 547 g/mol. The fraction of sp³-hybridized carbons (Fsp3) is 0.381. The first-order valence-electron chi connectivity index (χ1n) is 11.3. The zero-order chi connectivity index (χ0) is 26.1. The standard InChI is InChI=1S/C21H23N9O5S2/c1-2-8-35-26-13(16-25-21(22)37-27-16)17(31)24-14-18(32)30-15(20(33)34)11(10-36-19(14)30)9-28-7-4-12-23-5-3-6-29(12)28/h2,4,7,14,19H,1,3,5-6,8-10H2,(H4,22,24,25,27,31,33,34)/p+1/t14-,19-/m1/s1. The van der Waals surface area contributed by atoms with E-state index in [0.717, 1.165) is 36.9 Å². The number of carbonyl (C=O) groups is 3. The Morgan fingerprint density at radius 2 is 2.32 bits per heavy atom. The third-order valence-corrected chi connectivity index (χ3v) is 7.83. The number of amides is 2. The number of nitrogen functional groups attached to an aromatic ring is 1. The van der Waals surface area contributed by atoms with Crippen LogP contribution in [0.1, 0.15) is 12.2 Å². The molecule has 1 saturated heterocycles. The summed E-state index contributed by atoms with van der Waals surface area (Å²) in [6, 6.07) is 0.994. The normalized spacial score (nSPS) is 20.9. The number of thioether (sulfide) groups is 1. The van der Waals surface area contributed by atoms with Crippen LogP contribution in [0.2, 0.25) is 0 Å². The Morgan fingerprint density at radius 1 is 1.49 bits per heavy atom. The Balaban J connectivity index is 1.34. The molecule has 5 N–H and O–H groups in total. The van der Waals surface area contributed by atoms with E-state index in [4.69, 9.17) is 10.6 Å². The van der Waals surface area contributed by atoms with Crippen LogP contribution in [0.4, 0.5) is 10.9 Å². The lowest BCUT2D eigenvalue weighted by molar-refractivity contribution is -0.768. The fourth-order valence-electron chi connectivity index (χ4n) is 4.32. The Labute approximate surface area is 219 Å². The van der Waals surface area contributed by atoms with Crippen LogP contribution in [0.5, 0.6) is 0 Å². The Bertz CT molecular complexity index is 1330. The quantitative estimate of drug-likeness (QED) is 0.0789. The summed E-state index contributed by atoms with van der Waals surface area (Å²) in [5, 5.41) is 19.3. The molecule has 0 saturated carbocycles. The predicted octanol–water partition coefficient (Wildman–Crippen LogP) is -0.630. The number of carbonyl (C=O) groups excluding carboxylic acids is 2. The first-order chi connectivity index (χ1) is 17.9. The van der Waals surface area contributed by atoms with Gasteiger partial charge < -0.3 is 26.3 Å². The van der Waals surface area contributed by atoms with Gasteiger partial charge in [-0.15, -0.1) is 21.1 Å². The summed E-state index contributed by atoms with van der Waals surface area (Å²) in [5.41, 5.74) is 5.94. The zero-order valence-electron chi connectivity index (χ0n) is 19.5. The molecule has 0 aliphatic carbocycles. The van der Waals surface area contributed by atoms with E-state index < -0.39 is 29.2 Å². The highest BCUT2D eigenvalue weighted by atomic mass is 32.2. The number of hydrogen-bond donors (Lipinski definition) is 4. The van der Waals surface area contributed by atoms with Gasteiger partial charge in [-0.2, -0.15) is 9.36 Å². The molecule has 14 nitrogen and oxygen atoms in total. The van der Waals surface area contributed by atoms with E-state index in [0.29, 0.717) is 17.9 Å². The van der Waals surface area contributed by atoms with E-state index >= 15 is 0 Å². The molecular formula is C21H24N9O5S2+. The minimum Gasteiger partial charge on any atom is -0.477 e. The SMILES string of the molecule is C=CCON=C(C(=O)N[C@@H]1C(=O)N2C(C(=O)O)=C(C[n+]3ccc4n3CCCN4)CS[C@H]12)c1nsc(N)n1. The number of oxime groups is 1. The molecule has 5 rings (SSSR count). The number of aliphatic carboxylic acids is 1. The summed E-state index contributed by atoms with van der Waals surface area (Å²) in [7, 11) is 0. The van der Waals surface area contributed by atoms with Crippen LogP contribution in [0.3, 0.4) is 0 Å². The number of fused-ring (bicyclic) bond motifs is 2. The number of carboxylic acid groups (broad SMARTS) is 1. The highest BCUT2D eigenvalue weighted by molar-refractivity contribution is 8.00. The van der Waals surface area contributed by atoms with E-state index in [9.17, 15) is 19.5 Å². The molecule has 0 radical (unpaired) electrons. The van der Waals surface area contributed by atoms with Gasteiger partial charge in [0.05, 0.1) is 12.6 Å². The van der Waals surface area contributed by atoms with Crippen molar-refractivity contribution in [1.29, 1.82) is 0 Å². The second kappa shape index (κ2) is 10.2. The van der Waals surface area contributed by atoms with E-state index in [1.165, 1.54) is 22.7 Å².